The summed E-state index contributed by atoms with van der Waals surface area (Å²) in [4.78, 5) is 21.2. The number of aromatic nitrogens is 2. The highest BCUT2D eigenvalue weighted by Crippen LogP contribution is 2.06. The third-order valence-corrected chi connectivity index (χ3v) is 4.25. The van der Waals surface area contributed by atoms with Gasteiger partial charge in [0.05, 0.1) is 0 Å². The molecule has 0 unspecified atom stereocenters. The molecule has 2 aromatic heterocycles. The van der Waals surface area contributed by atoms with Crippen LogP contribution in [0, 0.1) is 9.81 Å². The molecule has 0 fully saturated rings. The van der Waals surface area contributed by atoms with Crippen LogP contribution in [0.25, 0.3) is 0 Å². The molecule has 0 atom stereocenters. The third kappa shape index (κ3) is 4.42. The molecule has 26 heavy (non-hydrogen) atoms. The minimum Gasteiger partial charge on any atom is -0.196 e. The second kappa shape index (κ2) is 8.71. The first kappa shape index (κ1) is 17.5. The van der Waals surface area contributed by atoms with E-state index in [1.54, 1.807) is 0 Å². The Bertz CT molecular complexity index is 820. The van der Waals surface area contributed by atoms with Gasteiger partial charge in [0, 0.05) is 35.4 Å². The summed E-state index contributed by atoms with van der Waals surface area (Å²) >= 11 is 0. The second-order valence-electron chi connectivity index (χ2n) is 6.03. The zero-order chi connectivity index (χ0) is 18.2. The molecule has 0 aliphatic carbocycles. The summed E-state index contributed by atoms with van der Waals surface area (Å²) in [6.07, 6.45) is 3.90. The summed E-state index contributed by atoms with van der Waals surface area (Å²) in [5, 5.41) is 5.98. The van der Waals surface area contributed by atoms with Crippen molar-refractivity contribution in [2.24, 2.45) is 10.4 Å². The highest BCUT2D eigenvalue weighted by Gasteiger charge is 2.12. The zero-order valence-electron chi connectivity index (χ0n) is 14.4. The van der Waals surface area contributed by atoms with Gasteiger partial charge in [-0.05, 0) is 0 Å². The molecule has 3 aromatic rings. The minimum absolute atomic E-state index is 0.164. The van der Waals surface area contributed by atoms with E-state index in [1.165, 1.54) is 0 Å². The number of hydrogen-bond donors (Lipinski definition) is 0. The van der Waals surface area contributed by atoms with E-state index >= 15 is 0 Å². The molecular weight excluding hydrogens is 328 g/mol. The van der Waals surface area contributed by atoms with Gasteiger partial charge in [-0.2, -0.15) is 18.9 Å². The number of hydrogen-bond acceptors (Lipinski definition) is 4. The Balaban J connectivity index is 1.73. The highest BCUT2D eigenvalue weighted by molar-refractivity contribution is 5.21. The van der Waals surface area contributed by atoms with Crippen LogP contribution in [0.5, 0.6) is 0 Å². The Morgan fingerprint density at radius 2 is 1.04 bits per heavy atom. The van der Waals surface area contributed by atoms with Gasteiger partial charge in [-0.3, -0.25) is 0 Å². The zero-order valence-corrected chi connectivity index (χ0v) is 14.4. The van der Waals surface area contributed by atoms with Gasteiger partial charge in [0.1, 0.15) is 0 Å². The SMILES string of the molecule is O=NCc1cccc[n+]1Cc1ccc(C[n+]2ccccc2CN=O)cc1. The first-order valence-electron chi connectivity index (χ1n) is 8.41. The quantitative estimate of drug-likeness (QED) is 0.464. The first-order chi connectivity index (χ1) is 12.8. The van der Waals surface area contributed by atoms with Crippen LogP contribution in [0.2, 0.25) is 0 Å². The lowest BCUT2D eigenvalue weighted by molar-refractivity contribution is -0.696. The van der Waals surface area contributed by atoms with Crippen molar-refractivity contribution in [1.29, 1.82) is 0 Å². The maximum atomic E-state index is 10.6. The third-order valence-electron chi connectivity index (χ3n) is 4.25. The Labute approximate surface area is 151 Å². The van der Waals surface area contributed by atoms with Gasteiger partial charge >= 0.3 is 0 Å². The number of nitrogens with zero attached hydrogens (tertiary/aromatic N) is 4. The molecule has 3 rings (SSSR count). The normalized spacial score (nSPS) is 10.5. The van der Waals surface area contributed by atoms with Gasteiger partial charge in [-0.1, -0.05) is 46.8 Å². The fraction of sp³-hybridized carbons (Fsp3) is 0.200. The molecule has 6 nitrogen and oxygen atoms in total. The first-order valence-corrected chi connectivity index (χ1v) is 8.41. The minimum atomic E-state index is 0.164. The number of pyridine rings is 2. The van der Waals surface area contributed by atoms with Crippen LogP contribution in [0.4, 0.5) is 0 Å². The van der Waals surface area contributed by atoms with Gasteiger partial charge in [0.15, 0.2) is 38.6 Å². The van der Waals surface area contributed by atoms with Crippen molar-refractivity contribution >= 4 is 0 Å². The number of rotatable bonds is 8. The van der Waals surface area contributed by atoms with Gasteiger partial charge < -0.3 is 0 Å². The Morgan fingerprint density at radius 1 is 0.615 bits per heavy atom. The van der Waals surface area contributed by atoms with Crippen LogP contribution in [0.1, 0.15) is 22.5 Å². The molecule has 0 saturated carbocycles. The lowest BCUT2D eigenvalue weighted by atomic mass is 10.1. The second-order valence-corrected chi connectivity index (χ2v) is 6.03. The van der Waals surface area contributed by atoms with Crippen molar-refractivity contribution in [3.8, 4) is 0 Å². The van der Waals surface area contributed by atoms with Gasteiger partial charge in [-0.25, -0.2) is 0 Å². The molecule has 0 N–H and O–H groups in total. The fourth-order valence-corrected chi connectivity index (χ4v) is 2.89. The van der Waals surface area contributed by atoms with Crippen molar-refractivity contribution in [2.45, 2.75) is 26.2 Å². The predicted molar refractivity (Wildman–Crippen MR) is 96.9 cm³/mol. The van der Waals surface area contributed by atoms with Crippen LogP contribution in [-0.4, -0.2) is 0 Å². The van der Waals surface area contributed by atoms with E-state index in [-0.39, 0.29) is 13.1 Å². The summed E-state index contributed by atoms with van der Waals surface area (Å²) in [5.74, 6) is 0. The fourth-order valence-electron chi connectivity index (χ4n) is 2.89. The van der Waals surface area contributed by atoms with Crippen LogP contribution < -0.4 is 9.13 Å². The number of benzene rings is 1. The van der Waals surface area contributed by atoms with E-state index in [2.05, 4.69) is 34.6 Å². The molecule has 0 bridgehead atoms. The summed E-state index contributed by atoms with van der Waals surface area (Å²) in [5.41, 5.74) is 4.06. The maximum absolute atomic E-state index is 10.6. The Kier molecular flexibility index (Phi) is 5.88. The van der Waals surface area contributed by atoms with Crippen LogP contribution in [0.3, 0.4) is 0 Å². The van der Waals surface area contributed by atoms with Crippen molar-refractivity contribution in [3.05, 3.63) is 105 Å². The van der Waals surface area contributed by atoms with Gasteiger partial charge in [0.2, 0.25) is 11.4 Å². The standard InChI is InChI=1S/C20H20N4O2/c25-21-13-19-5-1-3-11-23(19)15-17-7-9-18(10-8-17)16-24-12-4-2-6-20(24)14-22-26/h1-12H,13-16H2/q+2. The Hall–Kier alpha value is -3.28. The van der Waals surface area contributed by atoms with Crippen LogP contribution >= 0.6 is 0 Å². The van der Waals surface area contributed by atoms with Crippen LogP contribution in [-0.2, 0) is 26.2 Å². The van der Waals surface area contributed by atoms with Crippen LogP contribution in [0.15, 0.2) is 83.4 Å². The maximum Gasteiger partial charge on any atom is 0.206 e. The monoisotopic (exact) mass is 348 g/mol. The van der Waals surface area contributed by atoms with Crippen molar-refractivity contribution in [2.75, 3.05) is 0 Å². The lowest BCUT2D eigenvalue weighted by Crippen LogP contribution is -2.39. The summed E-state index contributed by atoms with van der Waals surface area (Å²) in [7, 11) is 0. The average Bonchev–Trinajstić information content (AvgIpc) is 2.67. The summed E-state index contributed by atoms with van der Waals surface area (Å²) < 4.78 is 4.05. The average molecular weight is 348 g/mol. The van der Waals surface area contributed by atoms with E-state index in [0.29, 0.717) is 13.1 Å². The molecule has 1 aromatic carbocycles. The molecule has 0 spiro atoms. The van der Waals surface area contributed by atoms with Gasteiger partial charge in [0.25, 0.3) is 0 Å². The predicted octanol–water partition coefficient (Wildman–Crippen LogP) is 2.89. The van der Waals surface area contributed by atoms with Crippen molar-refractivity contribution in [1.82, 2.24) is 0 Å². The molecule has 0 aliphatic rings. The van der Waals surface area contributed by atoms with Crippen molar-refractivity contribution < 1.29 is 9.13 Å². The summed E-state index contributed by atoms with van der Waals surface area (Å²) in [6, 6.07) is 19.8. The van der Waals surface area contributed by atoms with E-state index in [1.807, 2.05) is 57.9 Å². The van der Waals surface area contributed by atoms with Gasteiger partial charge in [-0.15, -0.1) is 0 Å². The number of nitroso groups, excluding NO2 is 2. The molecule has 0 saturated heterocycles. The van der Waals surface area contributed by atoms with E-state index in [0.717, 1.165) is 22.5 Å². The molecule has 6 heteroatoms. The van der Waals surface area contributed by atoms with E-state index in [9.17, 15) is 9.81 Å². The molecule has 2 heterocycles. The Morgan fingerprint density at radius 3 is 1.42 bits per heavy atom. The van der Waals surface area contributed by atoms with E-state index < -0.39 is 0 Å². The van der Waals surface area contributed by atoms with E-state index in [4.69, 9.17) is 0 Å². The summed E-state index contributed by atoms with van der Waals surface area (Å²) in [6.45, 7) is 1.70. The molecule has 0 aliphatic heterocycles. The molecular formula is C20H20N4O2+2. The molecule has 0 radical (unpaired) electrons. The highest BCUT2D eigenvalue weighted by atomic mass is 16.3. The lowest BCUT2D eigenvalue weighted by Gasteiger charge is -2.04. The molecule has 130 valence electrons. The smallest absolute Gasteiger partial charge is 0.196 e. The molecule has 0 amide bonds. The largest absolute Gasteiger partial charge is 0.206 e. The van der Waals surface area contributed by atoms with Crippen molar-refractivity contribution in [3.63, 3.8) is 0 Å². The topological polar surface area (TPSA) is 66.6 Å².